The van der Waals surface area contributed by atoms with Crippen molar-refractivity contribution in [3.05, 3.63) is 0 Å². The van der Waals surface area contributed by atoms with E-state index < -0.39 is 5.97 Å². The molecule has 0 fully saturated rings. The van der Waals surface area contributed by atoms with Gasteiger partial charge < -0.3 is 10.6 Å². The van der Waals surface area contributed by atoms with Gasteiger partial charge in [-0.3, -0.25) is 4.79 Å². The summed E-state index contributed by atoms with van der Waals surface area (Å²) < 4.78 is 0. The van der Waals surface area contributed by atoms with Crippen LogP contribution in [0.1, 0.15) is 6.92 Å². The van der Waals surface area contributed by atoms with E-state index in [0.29, 0.717) is 0 Å². The van der Waals surface area contributed by atoms with Crippen LogP contribution in [0.3, 0.4) is 0 Å². The number of aliphatic carboxylic acids is 1. The summed E-state index contributed by atoms with van der Waals surface area (Å²) in [5.41, 5.74) is 0. The fourth-order valence-electron chi connectivity index (χ4n) is 0. The molecule has 0 aliphatic rings. The second-order valence-electron chi connectivity index (χ2n) is 0.519. The Balaban J connectivity index is -0.0000000150. The predicted molar refractivity (Wildman–Crippen MR) is 31.2 cm³/mol. The van der Waals surface area contributed by atoms with Crippen LogP contribution in [-0.4, -0.2) is 54.3 Å². The third kappa shape index (κ3) is 363. The number of carboxylic acid groups (broad SMARTS) is 1. The minimum absolute atomic E-state index is 0. The molecule has 0 atom stereocenters. The zero-order valence-corrected chi connectivity index (χ0v) is 2.86. The van der Waals surface area contributed by atoms with Crippen molar-refractivity contribution in [1.29, 1.82) is 0 Å². The molecule has 0 rings (SSSR count). The van der Waals surface area contributed by atoms with Crippen molar-refractivity contribution in [2.45, 2.75) is 6.92 Å². The molecule has 0 radical (unpaired) electrons. The molecule has 0 heterocycles. The Morgan fingerprint density at radius 2 is 1.43 bits per heavy atom. The van der Waals surface area contributed by atoms with Gasteiger partial charge in [-0.1, -0.05) is 0 Å². The quantitative estimate of drug-likeness (QED) is 0.351. The molecule has 5 heteroatoms. The molecule has 0 aliphatic carbocycles. The summed E-state index contributed by atoms with van der Waals surface area (Å²) in [6.45, 7) is 1.08. The number of hydrogen-bond acceptors (Lipinski definition) is 1. The monoisotopic (exact) mass is 94.1 g/mol. The molecule has 0 aromatic heterocycles. The fourth-order valence-corrected chi connectivity index (χ4v) is 0. The summed E-state index contributed by atoms with van der Waals surface area (Å²) in [6, 6.07) is 0. The predicted octanol–water partition coefficient (Wildman–Crippen LogP) is -2.03. The number of hydrogen-bond donors (Lipinski definition) is 1. The van der Waals surface area contributed by atoms with Crippen LogP contribution in [0.2, 0.25) is 0 Å². The van der Waals surface area contributed by atoms with Crippen LogP contribution >= 0.6 is 0 Å². The summed E-state index contributed by atoms with van der Waals surface area (Å²) >= 11 is 0. The summed E-state index contributed by atoms with van der Waals surface area (Å²) in [5, 5.41) is 7.42. The van der Waals surface area contributed by atoms with E-state index in [4.69, 9.17) is 9.90 Å². The first-order valence-corrected chi connectivity index (χ1v) is 0.928. The maximum atomic E-state index is 9.00. The van der Waals surface area contributed by atoms with Crippen LogP contribution in [0, 0.1) is 0 Å². The number of carbonyl (C=O) groups is 1. The zero-order valence-electron chi connectivity index (χ0n) is 2.86. The second-order valence-corrected chi connectivity index (χ2v) is 0.519. The third-order valence-corrected chi connectivity index (χ3v) is 0. The Morgan fingerprint density at radius 1 is 1.43 bits per heavy atom. The molecule has 0 aromatic rings. The molecule has 0 aromatic carbocycles. The maximum absolute atomic E-state index is 9.00. The summed E-state index contributed by atoms with van der Waals surface area (Å²) in [4.78, 5) is 9.00. The minimum atomic E-state index is -0.833. The van der Waals surface area contributed by atoms with E-state index in [1.54, 1.807) is 0 Å². The fraction of sp³-hybridized carbons (Fsp3) is 0.500. The Bertz CT molecular complexity index is 33.9. The molecule has 36 valence electrons. The van der Waals surface area contributed by atoms with Crippen LogP contribution in [0.25, 0.3) is 0 Å². The van der Waals surface area contributed by atoms with Crippen molar-refractivity contribution in [3.8, 4) is 0 Å². The van der Waals surface area contributed by atoms with Crippen molar-refractivity contribution in [1.82, 2.24) is 0 Å². The molecular weight excluding hydrogens is 85.9 g/mol. The first-order chi connectivity index (χ1) is 1.73. The molecule has 0 unspecified atom stereocenters. The average molecular weight is 94.0 g/mol. The number of carboxylic acids is 1. The van der Waals surface area contributed by atoms with Crippen molar-refractivity contribution in [2.24, 2.45) is 0 Å². The Hall–Kier alpha value is 0.625. The molecule has 0 spiro atoms. The van der Waals surface area contributed by atoms with Gasteiger partial charge in [-0.2, -0.15) is 0 Å². The third-order valence-electron chi connectivity index (χ3n) is 0. The van der Waals surface area contributed by atoms with E-state index in [0.717, 1.165) is 6.92 Å². The van der Waals surface area contributed by atoms with Crippen LogP contribution in [0.4, 0.5) is 0 Å². The van der Waals surface area contributed by atoms with E-state index in [2.05, 4.69) is 0 Å². The van der Waals surface area contributed by atoms with Gasteiger partial charge in [0.25, 0.3) is 5.97 Å². The number of rotatable bonds is 0. The Kier molecular flexibility index (Phi) is 58.0. The van der Waals surface area contributed by atoms with Gasteiger partial charge >= 0.3 is 37.7 Å². The van der Waals surface area contributed by atoms with Gasteiger partial charge in [0, 0.05) is 6.92 Å². The topological polar surface area (TPSA) is 68.8 Å². The van der Waals surface area contributed by atoms with Crippen molar-refractivity contribution < 1.29 is 15.4 Å². The molecule has 0 saturated heterocycles. The van der Waals surface area contributed by atoms with E-state index in [-0.39, 0.29) is 43.2 Å². The normalized spacial score (nSPS) is 3.57. The van der Waals surface area contributed by atoms with Gasteiger partial charge in [0.2, 0.25) is 0 Å². The van der Waals surface area contributed by atoms with Gasteiger partial charge in [0.1, 0.15) is 0 Å². The molecule has 7 heavy (non-hydrogen) atoms. The van der Waals surface area contributed by atoms with E-state index in [9.17, 15) is 0 Å². The van der Waals surface area contributed by atoms with Crippen molar-refractivity contribution in [2.75, 3.05) is 0 Å². The zero-order chi connectivity index (χ0) is 3.58. The Morgan fingerprint density at radius 3 is 1.43 bits per heavy atom. The summed E-state index contributed by atoms with van der Waals surface area (Å²) in [5.74, 6) is -0.833. The van der Waals surface area contributed by atoms with Crippen molar-refractivity contribution >= 4 is 43.7 Å². The Labute approximate surface area is 66.1 Å². The SMILES string of the molecule is CC(=O)O.O.[LiH].[LiH]. The first-order valence-electron chi connectivity index (χ1n) is 0.928. The van der Waals surface area contributed by atoms with Crippen molar-refractivity contribution in [3.63, 3.8) is 0 Å². The molecule has 0 saturated carbocycles. The molecule has 0 amide bonds. The molecule has 0 aliphatic heterocycles. The second kappa shape index (κ2) is 16.0. The molecule has 3 nitrogen and oxygen atoms in total. The van der Waals surface area contributed by atoms with Gasteiger partial charge in [0.15, 0.2) is 0 Å². The molecule has 0 bridgehead atoms. The summed E-state index contributed by atoms with van der Waals surface area (Å²) in [6.07, 6.45) is 0. The summed E-state index contributed by atoms with van der Waals surface area (Å²) in [7, 11) is 0. The van der Waals surface area contributed by atoms with E-state index in [1.165, 1.54) is 0 Å². The van der Waals surface area contributed by atoms with Crippen LogP contribution in [-0.2, 0) is 4.79 Å². The van der Waals surface area contributed by atoms with Gasteiger partial charge in [0.05, 0.1) is 0 Å². The van der Waals surface area contributed by atoms with Crippen LogP contribution in [0.5, 0.6) is 0 Å². The first kappa shape index (κ1) is 25.5. The van der Waals surface area contributed by atoms with E-state index in [1.807, 2.05) is 0 Å². The van der Waals surface area contributed by atoms with Crippen LogP contribution < -0.4 is 0 Å². The van der Waals surface area contributed by atoms with Gasteiger partial charge in [-0.25, -0.2) is 0 Å². The standard InChI is InChI=1S/C2H4O2.2Li.H2O.2H/c1-2(3)4;;;;;/h1H3,(H,3,4);;;1H2;;. The molecular formula is C2H8Li2O3. The van der Waals surface area contributed by atoms with Gasteiger partial charge in [-0.15, -0.1) is 0 Å². The molecule has 3 N–H and O–H groups in total. The van der Waals surface area contributed by atoms with E-state index >= 15 is 0 Å². The van der Waals surface area contributed by atoms with Gasteiger partial charge in [-0.05, 0) is 0 Å². The van der Waals surface area contributed by atoms with Crippen LogP contribution in [0.15, 0.2) is 0 Å². The average Bonchev–Trinajstić information content (AvgIpc) is 0.811.